The van der Waals surface area contributed by atoms with E-state index in [0.29, 0.717) is 6.04 Å². The molecule has 1 fully saturated rings. The van der Waals surface area contributed by atoms with Crippen LogP contribution in [0.25, 0.3) is 0 Å². The fraction of sp³-hybridized carbons (Fsp3) is 0.455. The van der Waals surface area contributed by atoms with Crippen molar-refractivity contribution in [2.24, 2.45) is 0 Å². The van der Waals surface area contributed by atoms with Crippen molar-refractivity contribution >= 4 is 0 Å². The van der Waals surface area contributed by atoms with Gasteiger partial charge in [0.25, 0.3) is 0 Å². The smallest absolute Gasteiger partial charge is 0.231 e. The molecule has 0 aliphatic carbocycles. The monoisotopic (exact) mass is 384 g/mol. The fourth-order valence-electron chi connectivity index (χ4n) is 3.94. The van der Waals surface area contributed by atoms with Crippen molar-refractivity contribution < 1.29 is 18.9 Å². The van der Waals surface area contributed by atoms with Gasteiger partial charge < -0.3 is 24.3 Å². The standard InChI is InChI=1S/C22H28N2O4/c1-25-19-7-3-5-16(9-19)13-24-8-4-6-18(14-24)23-12-17-10-21-22(28-15-27-21)11-20(17)26-2/h3,5,7,9-11,18,23H,4,6,8,12-15H2,1-2H3. The topological polar surface area (TPSA) is 52.2 Å². The summed E-state index contributed by atoms with van der Waals surface area (Å²) < 4.78 is 21.8. The van der Waals surface area contributed by atoms with Crippen LogP contribution < -0.4 is 24.3 Å². The lowest BCUT2D eigenvalue weighted by molar-refractivity contribution is 0.173. The molecule has 6 nitrogen and oxygen atoms in total. The van der Waals surface area contributed by atoms with Gasteiger partial charge in [-0.2, -0.15) is 0 Å². The molecule has 0 aromatic heterocycles. The number of hydrogen-bond donors (Lipinski definition) is 1. The van der Waals surface area contributed by atoms with Crippen LogP contribution in [0, 0.1) is 0 Å². The molecule has 1 saturated heterocycles. The van der Waals surface area contributed by atoms with Gasteiger partial charge in [0, 0.05) is 37.3 Å². The number of ether oxygens (including phenoxy) is 4. The summed E-state index contributed by atoms with van der Waals surface area (Å²) in [5, 5.41) is 3.70. The van der Waals surface area contributed by atoms with E-state index in [1.165, 1.54) is 18.4 Å². The molecule has 0 radical (unpaired) electrons. The third kappa shape index (κ3) is 4.34. The summed E-state index contributed by atoms with van der Waals surface area (Å²) in [4.78, 5) is 2.51. The lowest BCUT2D eigenvalue weighted by Crippen LogP contribution is -2.45. The second-order valence-electron chi connectivity index (χ2n) is 7.32. The van der Waals surface area contributed by atoms with Crippen molar-refractivity contribution in [3.05, 3.63) is 47.5 Å². The van der Waals surface area contributed by atoms with Crippen LogP contribution in [0.2, 0.25) is 0 Å². The van der Waals surface area contributed by atoms with Crippen LogP contribution >= 0.6 is 0 Å². The summed E-state index contributed by atoms with van der Waals surface area (Å²) in [6.45, 7) is 4.13. The van der Waals surface area contributed by atoms with Gasteiger partial charge in [0.1, 0.15) is 11.5 Å². The van der Waals surface area contributed by atoms with Gasteiger partial charge in [-0.15, -0.1) is 0 Å². The number of benzene rings is 2. The zero-order valence-electron chi connectivity index (χ0n) is 16.6. The van der Waals surface area contributed by atoms with Crippen LogP contribution in [0.5, 0.6) is 23.0 Å². The summed E-state index contributed by atoms with van der Waals surface area (Å²) in [5.74, 6) is 3.29. The molecule has 2 heterocycles. The maximum atomic E-state index is 5.53. The fourth-order valence-corrected chi connectivity index (χ4v) is 3.94. The molecule has 2 aromatic carbocycles. The number of nitrogens with one attached hydrogen (secondary N) is 1. The van der Waals surface area contributed by atoms with E-state index in [2.05, 4.69) is 28.4 Å². The highest BCUT2D eigenvalue weighted by molar-refractivity contribution is 5.51. The summed E-state index contributed by atoms with van der Waals surface area (Å²) in [7, 11) is 3.40. The largest absolute Gasteiger partial charge is 0.497 e. The maximum Gasteiger partial charge on any atom is 0.231 e. The second-order valence-corrected chi connectivity index (χ2v) is 7.32. The molecule has 1 unspecified atom stereocenters. The Labute approximate surface area is 166 Å². The summed E-state index contributed by atoms with van der Waals surface area (Å²) in [5.41, 5.74) is 2.38. The Kier molecular flexibility index (Phi) is 5.88. The van der Waals surface area contributed by atoms with E-state index in [1.54, 1.807) is 14.2 Å². The van der Waals surface area contributed by atoms with Gasteiger partial charge in [-0.25, -0.2) is 0 Å². The van der Waals surface area contributed by atoms with Gasteiger partial charge in [0.05, 0.1) is 14.2 Å². The van der Waals surface area contributed by atoms with Gasteiger partial charge >= 0.3 is 0 Å². The van der Waals surface area contributed by atoms with Gasteiger partial charge in [-0.05, 0) is 43.1 Å². The quantitative estimate of drug-likeness (QED) is 0.791. The molecule has 0 saturated carbocycles. The Hall–Kier alpha value is -2.44. The minimum absolute atomic E-state index is 0.275. The summed E-state index contributed by atoms with van der Waals surface area (Å²) >= 11 is 0. The van der Waals surface area contributed by atoms with Gasteiger partial charge in [0.15, 0.2) is 11.5 Å². The number of nitrogens with zero attached hydrogens (tertiary/aromatic N) is 1. The van der Waals surface area contributed by atoms with Crippen LogP contribution in [-0.2, 0) is 13.1 Å². The molecule has 2 aliphatic heterocycles. The minimum atomic E-state index is 0.275. The molecule has 6 heteroatoms. The molecule has 0 spiro atoms. The number of fused-ring (bicyclic) bond motifs is 1. The van der Waals surface area contributed by atoms with E-state index < -0.39 is 0 Å². The van der Waals surface area contributed by atoms with Crippen molar-refractivity contribution in [1.29, 1.82) is 0 Å². The van der Waals surface area contributed by atoms with Crippen molar-refractivity contribution in [1.82, 2.24) is 10.2 Å². The van der Waals surface area contributed by atoms with Crippen LogP contribution in [-0.4, -0.2) is 45.0 Å². The Morgan fingerprint density at radius 3 is 2.79 bits per heavy atom. The van der Waals surface area contributed by atoms with Crippen LogP contribution in [0.15, 0.2) is 36.4 Å². The molecular formula is C22H28N2O4. The van der Waals surface area contributed by atoms with Gasteiger partial charge in [0.2, 0.25) is 6.79 Å². The minimum Gasteiger partial charge on any atom is -0.497 e. The van der Waals surface area contributed by atoms with E-state index in [0.717, 1.165) is 54.7 Å². The van der Waals surface area contributed by atoms with E-state index in [9.17, 15) is 0 Å². The Bertz CT molecular complexity index is 811. The molecule has 28 heavy (non-hydrogen) atoms. The molecular weight excluding hydrogens is 356 g/mol. The van der Waals surface area contributed by atoms with Crippen molar-refractivity contribution in [3.63, 3.8) is 0 Å². The lowest BCUT2D eigenvalue weighted by Gasteiger charge is -2.33. The summed E-state index contributed by atoms with van der Waals surface area (Å²) in [6.07, 6.45) is 2.38. The third-order valence-corrected chi connectivity index (χ3v) is 5.40. The zero-order valence-corrected chi connectivity index (χ0v) is 16.6. The molecule has 0 amide bonds. The van der Waals surface area contributed by atoms with E-state index in [-0.39, 0.29) is 6.79 Å². The van der Waals surface area contributed by atoms with E-state index >= 15 is 0 Å². The number of rotatable bonds is 7. The van der Waals surface area contributed by atoms with Crippen LogP contribution in [0.3, 0.4) is 0 Å². The molecule has 1 atom stereocenters. The maximum absolute atomic E-state index is 5.53. The molecule has 0 bridgehead atoms. The predicted octanol–water partition coefficient (Wildman–Crippen LogP) is 3.19. The average Bonchev–Trinajstić information content (AvgIpc) is 3.19. The second kappa shape index (κ2) is 8.71. The average molecular weight is 384 g/mol. The van der Waals surface area contributed by atoms with Gasteiger partial charge in [-0.1, -0.05) is 12.1 Å². The Morgan fingerprint density at radius 2 is 1.96 bits per heavy atom. The highest BCUT2D eigenvalue weighted by atomic mass is 16.7. The first-order chi connectivity index (χ1) is 13.7. The third-order valence-electron chi connectivity index (χ3n) is 5.40. The Morgan fingerprint density at radius 1 is 1.11 bits per heavy atom. The zero-order chi connectivity index (χ0) is 19.3. The summed E-state index contributed by atoms with van der Waals surface area (Å²) in [6, 6.07) is 12.7. The Balaban J connectivity index is 1.35. The molecule has 4 rings (SSSR count). The first kappa shape index (κ1) is 18.9. The number of methoxy groups -OCH3 is 2. The SMILES string of the molecule is COc1cccc(CN2CCCC(NCc3cc4c(cc3OC)OCO4)C2)c1. The molecule has 150 valence electrons. The van der Waals surface area contributed by atoms with Gasteiger partial charge in [-0.3, -0.25) is 4.90 Å². The first-order valence-corrected chi connectivity index (χ1v) is 9.80. The van der Waals surface area contributed by atoms with E-state index in [1.807, 2.05) is 18.2 Å². The van der Waals surface area contributed by atoms with Crippen molar-refractivity contribution in [2.75, 3.05) is 34.1 Å². The highest BCUT2D eigenvalue weighted by Gasteiger charge is 2.22. The number of likely N-dealkylation sites (tertiary alicyclic amines) is 1. The van der Waals surface area contributed by atoms with Crippen molar-refractivity contribution in [2.45, 2.75) is 32.0 Å². The number of piperidine rings is 1. The van der Waals surface area contributed by atoms with Crippen LogP contribution in [0.1, 0.15) is 24.0 Å². The van der Waals surface area contributed by atoms with Crippen LogP contribution in [0.4, 0.5) is 0 Å². The lowest BCUT2D eigenvalue weighted by atomic mass is 10.0. The normalized spacial score (nSPS) is 18.9. The number of hydrogen-bond acceptors (Lipinski definition) is 6. The molecule has 1 N–H and O–H groups in total. The highest BCUT2D eigenvalue weighted by Crippen LogP contribution is 2.38. The molecule has 2 aliphatic rings. The van der Waals surface area contributed by atoms with E-state index in [4.69, 9.17) is 18.9 Å². The van der Waals surface area contributed by atoms with Crippen molar-refractivity contribution in [3.8, 4) is 23.0 Å². The molecule has 2 aromatic rings. The predicted molar refractivity (Wildman–Crippen MR) is 107 cm³/mol. The first-order valence-electron chi connectivity index (χ1n) is 9.80.